The number of piperazine rings is 1. The van der Waals surface area contributed by atoms with Crippen LogP contribution in [0.5, 0.6) is 5.75 Å². The lowest BCUT2D eigenvalue weighted by atomic mass is 10.2. The fourth-order valence-corrected chi connectivity index (χ4v) is 4.03. The molecule has 4 aromatic rings. The summed E-state index contributed by atoms with van der Waals surface area (Å²) in [6.45, 7) is 3.84. The van der Waals surface area contributed by atoms with Gasteiger partial charge in [0.2, 0.25) is 5.91 Å². The molecule has 1 saturated heterocycles. The van der Waals surface area contributed by atoms with Crippen molar-refractivity contribution >= 4 is 16.8 Å². The minimum atomic E-state index is -0.157. The number of fused-ring (bicyclic) bond motifs is 1. The highest BCUT2D eigenvalue weighted by atomic mass is 16.5. The average molecular weight is 444 g/mol. The number of rotatable bonds is 7. The number of aromatic nitrogens is 3. The largest absolute Gasteiger partial charge is 0.489 e. The number of pyridine rings is 1. The van der Waals surface area contributed by atoms with E-state index < -0.39 is 0 Å². The highest BCUT2D eigenvalue weighted by molar-refractivity contribution is 5.81. The molecule has 2 aromatic carbocycles. The van der Waals surface area contributed by atoms with Crippen molar-refractivity contribution in [2.75, 3.05) is 26.2 Å². The smallest absolute Gasteiger partial charge is 0.258 e. The van der Waals surface area contributed by atoms with Gasteiger partial charge in [0, 0.05) is 43.0 Å². The third-order valence-corrected chi connectivity index (χ3v) is 5.79. The highest BCUT2D eigenvalue weighted by Crippen LogP contribution is 2.19. The Kier molecular flexibility index (Phi) is 5.91. The topological polar surface area (TPSA) is 81.4 Å². The molecule has 1 aliphatic rings. The molecule has 1 fully saturated rings. The summed E-state index contributed by atoms with van der Waals surface area (Å²) in [5.74, 6) is 0.610. The number of ether oxygens (including phenoxy) is 1. The van der Waals surface area contributed by atoms with Crippen molar-refractivity contribution in [3.05, 3.63) is 89.0 Å². The number of carbonyl (C=O) groups is 1. The normalized spacial score (nSPS) is 14.4. The van der Waals surface area contributed by atoms with E-state index in [2.05, 4.69) is 15.3 Å². The van der Waals surface area contributed by atoms with E-state index in [-0.39, 0.29) is 11.5 Å². The van der Waals surface area contributed by atoms with Gasteiger partial charge < -0.3 is 10.1 Å². The van der Waals surface area contributed by atoms with Crippen LogP contribution in [0.4, 0.5) is 0 Å². The molecule has 2 aromatic heterocycles. The Morgan fingerprint density at radius 2 is 1.88 bits per heavy atom. The number of hydrogen-bond donors (Lipinski definition) is 1. The third-order valence-electron chi connectivity index (χ3n) is 5.79. The molecule has 0 saturated carbocycles. The molecule has 8 nitrogen and oxygen atoms in total. The summed E-state index contributed by atoms with van der Waals surface area (Å²) in [6.07, 6.45) is 3.54. The van der Waals surface area contributed by atoms with Gasteiger partial charge in [-0.2, -0.15) is 5.10 Å². The van der Waals surface area contributed by atoms with Crippen LogP contribution in [0.1, 0.15) is 5.56 Å². The second-order valence-electron chi connectivity index (χ2n) is 8.08. The van der Waals surface area contributed by atoms with Gasteiger partial charge in [0.1, 0.15) is 12.4 Å². The van der Waals surface area contributed by atoms with E-state index in [1.807, 2.05) is 59.4 Å². The molecule has 0 aliphatic carbocycles. The van der Waals surface area contributed by atoms with Gasteiger partial charge >= 0.3 is 0 Å². The second-order valence-corrected chi connectivity index (χ2v) is 8.08. The molecule has 8 heteroatoms. The van der Waals surface area contributed by atoms with Crippen LogP contribution in [0, 0.1) is 0 Å². The van der Waals surface area contributed by atoms with E-state index in [4.69, 9.17) is 4.74 Å². The van der Waals surface area contributed by atoms with Gasteiger partial charge in [-0.1, -0.05) is 30.3 Å². The predicted octanol–water partition coefficient (Wildman–Crippen LogP) is 2.20. The third kappa shape index (κ3) is 4.80. The van der Waals surface area contributed by atoms with E-state index in [9.17, 15) is 9.59 Å². The maximum atomic E-state index is 12.7. The van der Waals surface area contributed by atoms with Crippen LogP contribution in [0.2, 0.25) is 0 Å². The van der Waals surface area contributed by atoms with Crippen molar-refractivity contribution in [1.29, 1.82) is 0 Å². The molecular formula is C25H25N5O3. The zero-order chi connectivity index (χ0) is 22.6. The van der Waals surface area contributed by atoms with Gasteiger partial charge in [-0.15, -0.1) is 0 Å². The minimum absolute atomic E-state index is 0.0677. The maximum Gasteiger partial charge on any atom is 0.258 e. The van der Waals surface area contributed by atoms with Crippen LogP contribution in [0.25, 0.3) is 16.6 Å². The van der Waals surface area contributed by atoms with Crippen LogP contribution in [-0.2, 0) is 17.9 Å². The summed E-state index contributed by atoms with van der Waals surface area (Å²) in [5.41, 5.74) is 2.66. The number of benzene rings is 2. The van der Waals surface area contributed by atoms with Crippen molar-refractivity contribution in [2.24, 2.45) is 0 Å². The summed E-state index contributed by atoms with van der Waals surface area (Å²) in [7, 11) is 0. The fraction of sp³-hybridized carbons (Fsp3) is 0.240. The Morgan fingerprint density at radius 3 is 2.70 bits per heavy atom. The van der Waals surface area contributed by atoms with Crippen molar-refractivity contribution in [2.45, 2.75) is 13.2 Å². The summed E-state index contributed by atoms with van der Waals surface area (Å²) in [6, 6.07) is 19.0. The van der Waals surface area contributed by atoms with Crippen LogP contribution in [0.3, 0.4) is 0 Å². The lowest BCUT2D eigenvalue weighted by molar-refractivity contribution is -0.124. The number of carbonyl (C=O) groups excluding carboxylic acids is 1. The van der Waals surface area contributed by atoms with Gasteiger partial charge in [0.05, 0.1) is 24.8 Å². The van der Waals surface area contributed by atoms with Crippen LogP contribution >= 0.6 is 0 Å². The molecular weight excluding hydrogens is 418 g/mol. The molecule has 168 valence electrons. The molecule has 0 bridgehead atoms. The molecule has 0 unspecified atom stereocenters. The van der Waals surface area contributed by atoms with Crippen molar-refractivity contribution in [1.82, 2.24) is 24.6 Å². The van der Waals surface area contributed by atoms with Crippen molar-refractivity contribution < 1.29 is 9.53 Å². The molecule has 5 rings (SSSR count). The van der Waals surface area contributed by atoms with Gasteiger partial charge in [0.15, 0.2) is 0 Å². The molecule has 0 spiro atoms. The summed E-state index contributed by atoms with van der Waals surface area (Å²) >= 11 is 0. The number of hydrogen-bond acceptors (Lipinski definition) is 5. The van der Waals surface area contributed by atoms with E-state index >= 15 is 0 Å². The first-order valence-electron chi connectivity index (χ1n) is 11.0. The first-order chi connectivity index (χ1) is 16.2. The van der Waals surface area contributed by atoms with Crippen LogP contribution in [-0.4, -0.2) is 51.3 Å². The monoisotopic (exact) mass is 443 g/mol. The van der Waals surface area contributed by atoms with E-state index in [1.165, 1.54) is 6.07 Å². The molecule has 1 N–H and O–H groups in total. The first kappa shape index (κ1) is 21.0. The zero-order valence-electron chi connectivity index (χ0n) is 18.2. The predicted molar refractivity (Wildman–Crippen MR) is 126 cm³/mol. The Balaban J connectivity index is 1.28. The molecule has 0 radical (unpaired) electrons. The molecule has 1 aliphatic heterocycles. The van der Waals surface area contributed by atoms with Crippen molar-refractivity contribution in [3.8, 4) is 11.4 Å². The fourth-order valence-electron chi connectivity index (χ4n) is 4.03. The van der Waals surface area contributed by atoms with Gasteiger partial charge in [-0.3, -0.25) is 23.7 Å². The van der Waals surface area contributed by atoms with Crippen LogP contribution < -0.4 is 15.6 Å². The Morgan fingerprint density at radius 1 is 1.00 bits per heavy atom. The van der Waals surface area contributed by atoms with Crippen molar-refractivity contribution in [3.63, 3.8) is 0 Å². The lowest BCUT2D eigenvalue weighted by Crippen LogP contribution is -2.48. The molecule has 0 atom stereocenters. The van der Waals surface area contributed by atoms with Crippen LogP contribution in [0.15, 0.2) is 77.9 Å². The summed E-state index contributed by atoms with van der Waals surface area (Å²) in [5, 5.41) is 8.30. The maximum absolute atomic E-state index is 12.7. The Bertz CT molecular complexity index is 1330. The minimum Gasteiger partial charge on any atom is -0.489 e. The van der Waals surface area contributed by atoms with Gasteiger partial charge in [0.25, 0.3) is 5.56 Å². The average Bonchev–Trinajstić information content (AvgIpc) is 3.24. The molecule has 1 amide bonds. The van der Waals surface area contributed by atoms with E-state index in [0.29, 0.717) is 32.0 Å². The van der Waals surface area contributed by atoms with Gasteiger partial charge in [-0.05, 0) is 29.8 Å². The summed E-state index contributed by atoms with van der Waals surface area (Å²) < 4.78 is 9.30. The molecule has 3 heterocycles. The summed E-state index contributed by atoms with van der Waals surface area (Å²) in [4.78, 5) is 26.4. The number of nitrogens with zero attached hydrogens (tertiary/aromatic N) is 4. The zero-order valence-corrected chi connectivity index (χ0v) is 18.2. The Labute approximate surface area is 191 Å². The number of amides is 1. The SMILES string of the molecule is O=C1CN(CCn2ncc3cc(-n4ccc(OCc5ccccc5)cc4=O)ccc32)CCN1. The van der Waals surface area contributed by atoms with Gasteiger partial charge in [-0.25, -0.2) is 0 Å². The van der Waals surface area contributed by atoms with E-state index in [0.717, 1.165) is 35.2 Å². The number of nitrogens with one attached hydrogen (secondary N) is 1. The highest BCUT2D eigenvalue weighted by Gasteiger charge is 2.16. The Hall–Kier alpha value is -3.91. The second kappa shape index (κ2) is 9.30. The lowest BCUT2D eigenvalue weighted by Gasteiger charge is -2.26. The first-order valence-corrected chi connectivity index (χ1v) is 11.0. The standard InChI is InChI=1S/C25H25N5O3/c31-24-17-28(11-9-26-24)12-13-30-23-7-6-21(14-20(23)16-27-30)29-10-8-22(15-25(29)32)33-18-19-4-2-1-3-5-19/h1-8,10,14-16H,9,11-13,17-18H2,(H,26,31). The quantitative estimate of drug-likeness (QED) is 0.474. The van der Waals surface area contributed by atoms with E-state index in [1.54, 1.807) is 16.8 Å². The molecule has 33 heavy (non-hydrogen) atoms.